The fourth-order valence-corrected chi connectivity index (χ4v) is 4.29. The van der Waals surface area contributed by atoms with Gasteiger partial charge in [-0.05, 0) is 60.3 Å². The number of rotatable bonds is 9. The molecule has 1 aliphatic heterocycles. The molecule has 0 bridgehead atoms. The number of benzene rings is 1. The Balaban J connectivity index is 1.57. The summed E-state index contributed by atoms with van der Waals surface area (Å²) in [4.78, 5) is 33.9. The second-order valence-electron chi connectivity index (χ2n) is 9.44. The van der Waals surface area contributed by atoms with E-state index in [4.69, 9.17) is 4.74 Å². The molecule has 3 aromatic rings. The van der Waals surface area contributed by atoms with Gasteiger partial charge >= 0.3 is 0 Å². The smallest absolute Gasteiger partial charge is 0.258 e. The third-order valence-electron chi connectivity index (χ3n) is 6.34. The van der Waals surface area contributed by atoms with Crippen molar-refractivity contribution in [3.05, 3.63) is 60.2 Å². The minimum absolute atomic E-state index is 0.00154. The van der Waals surface area contributed by atoms with Crippen molar-refractivity contribution in [2.75, 3.05) is 32.1 Å². The van der Waals surface area contributed by atoms with Crippen molar-refractivity contribution in [1.82, 2.24) is 35.0 Å². The van der Waals surface area contributed by atoms with E-state index >= 15 is 0 Å². The minimum atomic E-state index is -0.380. The molecule has 3 heterocycles. The molecule has 2 amide bonds. The molecule has 2 N–H and O–H groups in total. The van der Waals surface area contributed by atoms with Crippen molar-refractivity contribution in [2.45, 2.75) is 39.1 Å². The Bertz CT molecular complexity index is 1190. The van der Waals surface area contributed by atoms with Crippen molar-refractivity contribution in [2.24, 2.45) is 5.92 Å². The van der Waals surface area contributed by atoms with Crippen LogP contribution in [-0.4, -0.2) is 90.8 Å². The number of nitrogens with one attached hydrogen (secondary N) is 1. The topological polar surface area (TPSA) is 139 Å². The number of hydrogen-bond donors (Lipinski definition) is 2. The first-order valence-electron chi connectivity index (χ1n) is 12.1. The number of amides is 2. The fourth-order valence-electron chi connectivity index (χ4n) is 4.29. The van der Waals surface area contributed by atoms with E-state index in [0.717, 1.165) is 12.1 Å². The Morgan fingerprint density at radius 3 is 2.78 bits per heavy atom. The third-order valence-corrected chi connectivity index (χ3v) is 6.34. The van der Waals surface area contributed by atoms with E-state index < -0.39 is 0 Å². The first-order valence-corrected chi connectivity index (χ1v) is 12.1. The van der Waals surface area contributed by atoms with Crippen molar-refractivity contribution in [3.63, 3.8) is 0 Å². The number of aromatic nitrogens is 5. The maximum atomic E-state index is 13.6. The van der Waals surface area contributed by atoms with E-state index in [9.17, 15) is 14.7 Å². The lowest BCUT2D eigenvalue weighted by molar-refractivity contribution is -0.116. The molecule has 37 heavy (non-hydrogen) atoms. The molecule has 12 heteroatoms. The summed E-state index contributed by atoms with van der Waals surface area (Å²) in [7, 11) is 2.03. The van der Waals surface area contributed by atoms with Crippen LogP contribution in [0.3, 0.4) is 0 Å². The van der Waals surface area contributed by atoms with Gasteiger partial charge in [-0.15, -0.1) is 5.10 Å². The summed E-state index contributed by atoms with van der Waals surface area (Å²) in [5.41, 5.74) is 1.92. The molecule has 0 fully saturated rings. The SMILES string of the molecule is C[C@@H]1CN([C@H](C)CO)C(=O)c2cc(NC(=O)Cn3cnnn3)ccc2O[C@@H]1CN(C)Cc1ccncc1. The average Bonchev–Trinajstić information content (AvgIpc) is 3.39. The zero-order valence-electron chi connectivity index (χ0n) is 21.2. The van der Waals surface area contributed by atoms with Crippen molar-refractivity contribution in [1.29, 1.82) is 0 Å². The highest BCUT2D eigenvalue weighted by Gasteiger charge is 2.33. The Labute approximate surface area is 215 Å². The number of ether oxygens (including phenoxy) is 1. The molecule has 1 aromatic carbocycles. The van der Waals surface area contributed by atoms with Crippen LogP contribution in [0.5, 0.6) is 5.75 Å². The normalized spacial score (nSPS) is 18.5. The van der Waals surface area contributed by atoms with Gasteiger partial charge < -0.3 is 20.1 Å². The molecule has 196 valence electrons. The lowest BCUT2D eigenvalue weighted by Crippen LogP contribution is -2.49. The van der Waals surface area contributed by atoms with Gasteiger partial charge in [0.1, 0.15) is 24.7 Å². The molecule has 4 rings (SSSR count). The zero-order valence-corrected chi connectivity index (χ0v) is 21.2. The second-order valence-corrected chi connectivity index (χ2v) is 9.44. The van der Waals surface area contributed by atoms with Gasteiger partial charge in [0.25, 0.3) is 5.91 Å². The number of hydrogen-bond acceptors (Lipinski definition) is 9. The van der Waals surface area contributed by atoms with Gasteiger partial charge in [-0.2, -0.15) is 0 Å². The molecule has 2 aromatic heterocycles. The van der Waals surface area contributed by atoms with E-state index in [1.165, 1.54) is 11.0 Å². The second kappa shape index (κ2) is 11.9. The largest absolute Gasteiger partial charge is 0.488 e. The van der Waals surface area contributed by atoms with Gasteiger partial charge in [0.2, 0.25) is 5.91 Å². The van der Waals surface area contributed by atoms with Crippen molar-refractivity contribution >= 4 is 17.5 Å². The van der Waals surface area contributed by atoms with Crippen LogP contribution < -0.4 is 10.1 Å². The van der Waals surface area contributed by atoms with Gasteiger partial charge in [-0.25, -0.2) is 4.68 Å². The summed E-state index contributed by atoms with van der Waals surface area (Å²) in [6.45, 7) is 5.41. The molecule has 0 spiro atoms. The predicted molar refractivity (Wildman–Crippen MR) is 135 cm³/mol. The maximum absolute atomic E-state index is 13.6. The summed E-state index contributed by atoms with van der Waals surface area (Å²) < 4.78 is 7.73. The third kappa shape index (κ3) is 6.66. The maximum Gasteiger partial charge on any atom is 0.258 e. The molecule has 1 aliphatic rings. The number of carbonyl (C=O) groups is 2. The van der Waals surface area contributed by atoms with Crippen LogP contribution >= 0.6 is 0 Å². The van der Waals surface area contributed by atoms with Crippen LogP contribution in [0.15, 0.2) is 49.1 Å². The number of anilines is 1. The highest BCUT2D eigenvalue weighted by Crippen LogP contribution is 2.30. The molecular weight excluding hydrogens is 476 g/mol. The van der Waals surface area contributed by atoms with Gasteiger partial charge in [-0.1, -0.05) is 6.92 Å². The number of carbonyl (C=O) groups excluding carboxylic acids is 2. The quantitative estimate of drug-likeness (QED) is 0.434. The summed E-state index contributed by atoms with van der Waals surface area (Å²) >= 11 is 0. The summed E-state index contributed by atoms with van der Waals surface area (Å²) in [6.07, 6.45) is 4.67. The number of nitrogens with zero attached hydrogens (tertiary/aromatic N) is 7. The fraction of sp³-hybridized carbons (Fsp3) is 0.440. The van der Waals surface area contributed by atoms with E-state index in [2.05, 4.69) is 30.7 Å². The van der Waals surface area contributed by atoms with E-state index in [-0.39, 0.29) is 43.0 Å². The Hall–Kier alpha value is -3.90. The minimum Gasteiger partial charge on any atom is -0.488 e. The highest BCUT2D eigenvalue weighted by molar-refractivity contribution is 5.99. The summed E-state index contributed by atoms with van der Waals surface area (Å²) in [5.74, 6) is -0.158. The first-order chi connectivity index (χ1) is 17.8. The van der Waals surface area contributed by atoms with Gasteiger partial charge in [-0.3, -0.25) is 19.5 Å². The van der Waals surface area contributed by atoms with Crippen LogP contribution in [-0.2, 0) is 17.9 Å². The van der Waals surface area contributed by atoms with E-state index in [0.29, 0.717) is 30.1 Å². The number of likely N-dealkylation sites (N-methyl/N-ethyl adjacent to an activating group) is 1. The monoisotopic (exact) mass is 508 g/mol. The molecule has 3 atom stereocenters. The predicted octanol–water partition coefficient (Wildman–Crippen LogP) is 1.06. The van der Waals surface area contributed by atoms with E-state index in [1.807, 2.05) is 33.0 Å². The van der Waals surface area contributed by atoms with Crippen LogP contribution in [0.2, 0.25) is 0 Å². The van der Waals surface area contributed by atoms with Crippen LogP contribution in [0.25, 0.3) is 0 Å². The molecule has 0 aliphatic carbocycles. The van der Waals surface area contributed by atoms with E-state index in [1.54, 1.807) is 35.5 Å². The molecule has 0 saturated heterocycles. The molecule has 0 radical (unpaired) electrons. The number of fused-ring (bicyclic) bond motifs is 1. The Morgan fingerprint density at radius 2 is 2.08 bits per heavy atom. The molecule has 0 saturated carbocycles. The number of pyridine rings is 1. The molecule has 0 unspecified atom stereocenters. The molecular formula is C25H32N8O4. The summed E-state index contributed by atoms with van der Waals surface area (Å²) in [6, 6.07) is 8.59. The van der Waals surface area contributed by atoms with Crippen molar-refractivity contribution in [3.8, 4) is 5.75 Å². The summed E-state index contributed by atoms with van der Waals surface area (Å²) in [5, 5.41) is 23.4. The zero-order chi connectivity index (χ0) is 26.4. The van der Waals surface area contributed by atoms with Crippen LogP contribution in [0.4, 0.5) is 5.69 Å². The first kappa shape index (κ1) is 26.2. The standard InChI is InChI=1S/C25H32N8O4/c1-17-11-33(18(2)15-34)25(36)21-10-20(28-24(35)14-32-16-27-29-30-32)4-5-22(21)37-23(17)13-31(3)12-19-6-8-26-9-7-19/h4-10,16-18,23,34H,11-15H2,1-3H3,(H,28,35)/t17-,18-,23-/m1/s1. The van der Waals surface area contributed by atoms with Crippen LogP contribution in [0, 0.1) is 5.92 Å². The van der Waals surface area contributed by atoms with Crippen molar-refractivity contribution < 1.29 is 19.4 Å². The lowest BCUT2D eigenvalue weighted by Gasteiger charge is -2.38. The number of aliphatic hydroxyl groups excluding tert-OH is 1. The van der Waals surface area contributed by atoms with Gasteiger partial charge in [0.15, 0.2) is 0 Å². The Kier molecular flexibility index (Phi) is 8.41. The highest BCUT2D eigenvalue weighted by atomic mass is 16.5. The Morgan fingerprint density at radius 1 is 1.30 bits per heavy atom. The van der Waals surface area contributed by atoms with Gasteiger partial charge in [0.05, 0.1) is 18.2 Å². The van der Waals surface area contributed by atoms with Crippen LogP contribution in [0.1, 0.15) is 29.8 Å². The number of tetrazole rings is 1. The number of aliphatic hydroxyl groups is 1. The molecule has 12 nitrogen and oxygen atoms in total. The lowest BCUT2D eigenvalue weighted by atomic mass is 9.99. The van der Waals surface area contributed by atoms with Gasteiger partial charge in [0, 0.05) is 43.6 Å². The average molecular weight is 509 g/mol.